The lowest BCUT2D eigenvalue weighted by Crippen LogP contribution is -2.48. The lowest BCUT2D eigenvalue weighted by atomic mass is 10.1. The van der Waals surface area contributed by atoms with Gasteiger partial charge in [-0.25, -0.2) is 0 Å². The summed E-state index contributed by atoms with van der Waals surface area (Å²) in [6.07, 6.45) is 0.0380. The number of primary amides is 1. The Hall–Kier alpha value is -1.14. The molecule has 0 aromatic rings. The molecular formula is C11H23N3O3. The summed E-state index contributed by atoms with van der Waals surface area (Å²) in [5, 5.41) is 5.65. The molecule has 0 saturated carbocycles. The van der Waals surface area contributed by atoms with Gasteiger partial charge >= 0.3 is 0 Å². The highest BCUT2D eigenvalue weighted by atomic mass is 16.5. The SMILES string of the molecule is COCCNC(CC(=O)NC(C)(C)C)C(N)=O. The number of rotatable bonds is 7. The van der Waals surface area contributed by atoms with Gasteiger partial charge in [0.05, 0.1) is 19.1 Å². The van der Waals surface area contributed by atoms with Crippen LogP contribution >= 0.6 is 0 Å². The first-order valence-electron chi connectivity index (χ1n) is 5.59. The summed E-state index contributed by atoms with van der Waals surface area (Å²) in [6.45, 7) is 6.57. The van der Waals surface area contributed by atoms with Crippen LogP contribution in [0.5, 0.6) is 0 Å². The zero-order valence-corrected chi connectivity index (χ0v) is 11.0. The van der Waals surface area contributed by atoms with Crippen molar-refractivity contribution in [2.24, 2.45) is 5.73 Å². The molecule has 0 aliphatic heterocycles. The van der Waals surface area contributed by atoms with Crippen LogP contribution in [0.1, 0.15) is 27.2 Å². The highest BCUT2D eigenvalue weighted by Crippen LogP contribution is 2.00. The van der Waals surface area contributed by atoms with Gasteiger partial charge in [0.15, 0.2) is 0 Å². The van der Waals surface area contributed by atoms with E-state index in [1.807, 2.05) is 20.8 Å². The summed E-state index contributed by atoms with van der Waals surface area (Å²) < 4.78 is 4.84. The summed E-state index contributed by atoms with van der Waals surface area (Å²) in [4.78, 5) is 22.7. The minimum Gasteiger partial charge on any atom is -0.383 e. The van der Waals surface area contributed by atoms with E-state index in [4.69, 9.17) is 10.5 Å². The highest BCUT2D eigenvalue weighted by Gasteiger charge is 2.21. The second-order valence-electron chi connectivity index (χ2n) is 4.90. The molecule has 17 heavy (non-hydrogen) atoms. The Bertz CT molecular complexity index is 261. The fourth-order valence-electron chi connectivity index (χ4n) is 1.26. The zero-order chi connectivity index (χ0) is 13.5. The number of hydrogen-bond donors (Lipinski definition) is 3. The van der Waals surface area contributed by atoms with E-state index in [2.05, 4.69) is 10.6 Å². The van der Waals surface area contributed by atoms with E-state index in [-0.39, 0.29) is 17.9 Å². The van der Waals surface area contributed by atoms with Gasteiger partial charge in [-0.15, -0.1) is 0 Å². The van der Waals surface area contributed by atoms with Crippen LogP contribution in [-0.4, -0.2) is 43.7 Å². The minimum absolute atomic E-state index is 0.0380. The van der Waals surface area contributed by atoms with E-state index in [1.165, 1.54) is 0 Å². The molecule has 1 unspecified atom stereocenters. The van der Waals surface area contributed by atoms with E-state index >= 15 is 0 Å². The second-order valence-corrected chi connectivity index (χ2v) is 4.90. The zero-order valence-electron chi connectivity index (χ0n) is 11.0. The van der Waals surface area contributed by atoms with Crippen molar-refractivity contribution in [3.63, 3.8) is 0 Å². The maximum absolute atomic E-state index is 11.6. The number of nitrogens with two attached hydrogens (primary N) is 1. The van der Waals surface area contributed by atoms with Crippen molar-refractivity contribution in [2.75, 3.05) is 20.3 Å². The van der Waals surface area contributed by atoms with Gasteiger partial charge in [-0.3, -0.25) is 9.59 Å². The van der Waals surface area contributed by atoms with Crippen LogP contribution in [-0.2, 0) is 14.3 Å². The van der Waals surface area contributed by atoms with Crippen LogP contribution < -0.4 is 16.4 Å². The van der Waals surface area contributed by atoms with Crippen LogP contribution in [0.15, 0.2) is 0 Å². The van der Waals surface area contributed by atoms with Gasteiger partial charge in [0.2, 0.25) is 11.8 Å². The number of carbonyl (C=O) groups is 2. The Kier molecular flexibility index (Phi) is 6.75. The van der Waals surface area contributed by atoms with Crippen molar-refractivity contribution >= 4 is 11.8 Å². The van der Waals surface area contributed by atoms with E-state index < -0.39 is 11.9 Å². The van der Waals surface area contributed by atoms with E-state index in [0.717, 1.165) is 0 Å². The van der Waals surface area contributed by atoms with Gasteiger partial charge < -0.3 is 21.1 Å². The number of nitrogens with one attached hydrogen (secondary N) is 2. The quantitative estimate of drug-likeness (QED) is 0.521. The monoisotopic (exact) mass is 245 g/mol. The largest absolute Gasteiger partial charge is 0.383 e. The molecule has 0 heterocycles. The normalized spacial score (nSPS) is 13.2. The molecule has 0 aliphatic carbocycles. The Morgan fingerprint density at radius 1 is 1.35 bits per heavy atom. The van der Waals surface area contributed by atoms with Crippen molar-refractivity contribution in [3.05, 3.63) is 0 Å². The molecular weight excluding hydrogens is 222 g/mol. The topological polar surface area (TPSA) is 93.4 Å². The standard InChI is InChI=1S/C11H23N3O3/c1-11(2,3)14-9(15)7-8(10(12)16)13-5-6-17-4/h8,13H,5-7H2,1-4H3,(H2,12,16)(H,14,15). The van der Waals surface area contributed by atoms with Crippen LogP contribution in [0, 0.1) is 0 Å². The summed E-state index contributed by atoms with van der Waals surface area (Å²) in [7, 11) is 1.56. The molecule has 0 radical (unpaired) electrons. The predicted octanol–water partition coefficient (Wildman–Crippen LogP) is -0.619. The third-order valence-corrected chi connectivity index (χ3v) is 1.94. The predicted molar refractivity (Wildman–Crippen MR) is 65.4 cm³/mol. The molecule has 4 N–H and O–H groups in total. The number of amides is 2. The molecule has 1 atom stereocenters. The molecule has 0 aromatic heterocycles. The van der Waals surface area contributed by atoms with Gasteiger partial charge in [-0.05, 0) is 20.8 Å². The molecule has 0 saturated heterocycles. The van der Waals surface area contributed by atoms with Crippen LogP contribution in [0.3, 0.4) is 0 Å². The average Bonchev–Trinajstić information content (AvgIpc) is 2.13. The van der Waals surface area contributed by atoms with Crippen molar-refractivity contribution in [3.8, 4) is 0 Å². The van der Waals surface area contributed by atoms with Gasteiger partial charge in [0.25, 0.3) is 0 Å². The number of ether oxygens (including phenoxy) is 1. The van der Waals surface area contributed by atoms with Gasteiger partial charge in [0.1, 0.15) is 0 Å². The molecule has 0 spiro atoms. The Balaban J connectivity index is 4.16. The number of carbonyl (C=O) groups excluding carboxylic acids is 2. The van der Waals surface area contributed by atoms with Gasteiger partial charge in [0, 0.05) is 19.2 Å². The first-order valence-corrected chi connectivity index (χ1v) is 5.59. The maximum atomic E-state index is 11.6. The number of methoxy groups -OCH3 is 1. The molecule has 6 nitrogen and oxygen atoms in total. The van der Waals surface area contributed by atoms with Crippen molar-refractivity contribution < 1.29 is 14.3 Å². The summed E-state index contributed by atoms with van der Waals surface area (Å²) in [6, 6.07) is -0.660. The Morgan fingerprint density at radius 2 is 1.94 bits per heavy atom. The van der Waals surface area contributed by atoms with E-state index in [1.54, 1.807) is 7.11 Å². The lowest BCUT2D eigenvalue weighted by molar-refractivity contribution is -0.127. The maximum Gasteiger partial charge on any atom is 0.235 e. The van der Waals surface area contributed by atoms with Crippen molar-refractivity contribution in [1.82, 2.24) is 10.6 Å². The third-order valence-electron chi connectivity index (χ3n) is 1.94. The van der Waals surface area contributed by atoms with Crippen LogP contribution in [0.2, 0.25) is 0 Å². The molecule has 0 aliphatic rings. The fraction of sp³-hybridized carbons (Fsp3) is 0.818. The summed E-state index contributed by atoms with van der Waals surface area (Å²) >= 11 is 0. The molecule has 100 valence electrons. The molecule has 0 rings (SSSR count). The van der Waals surface area contributed by atoms with Crippen molar-refractivity contribution in [2.45, 2.75) is 38.8 Å². The molecule has 0 aromatic carbocycles. The summed E-state index contributed by atoms with van der Waals surface area (Å²) in [5.41, 5.74) is 4.90. The molecule has 0 bridgehead atoms. The molecule has 0 fully saturated rings. The van der Waals surface area contributed by atoms with Gasteiger partial charge in [-0.2, -0.15) is 0 Å². The smallest absolute Gasteiger partial charge is 0.235 e. The average molecular weight is 245 g/mol. The van der Waals surface area contributed by atoms with E-state index in [9.17, 15) is 9.59 Å². The Labute approximate surface area is 102 Å². The molecule has 6 heteroatoms. The highest BCUT2D eigenvalue weighted by molar-refractivity contribution is 5.87. The number of hydrogen-bond acceptors (Lipinski definition) is 4. The fourth-order valence-corrected chi connectivity index (χ4v) is 1.26. The third kappa shape index (κ3) is 8.65. The minimum atomic E-state index is -0.660. The second kappa shape index (κ2) is 7.24. The first-order chi connectivity index (χ1) is 7.76. The molecule has 2 amide bonds. The Morgan fingerprint density at radius 3 is 2.35 bits per heavy atom. The van der Waals surface area contributed by atoms with E-state index in [0.29, 0.717) is 13.2 Å². The summed E-state index contributed by atoms with van der Waals surface area (Å²) in [5.74, 6) is -0.739. The lowest BCUT2D eigenvalue weighted by Gasteiger charge is -2.22. The first kappa shape index (κ1) is 15.9. The van der Waals surface area contributed by atoms with Crippen LogP contribution in [0.4, 0.5) is 0 Å². The van der Waals surface area contributed by atoms with Crippen molar-refractivity contribution in [1.29, 1.82) is 0 Å². The van der Waals surface area contributed by atoms with Gasteiger partial charge in [-0.1, -0.05) is 0 Å². The van der Waals surface area contributed by atoms with Crippen LogP contribution in [0.25, 0.3) is 0 Å².